The summed E-state index contributed by atoms with van der Waals surface area (Å²) in [6.45, 7) is 4.08. The van der Waals surface area contributed by atoms with E-state index in [9.17, 15) is 4.79 Å². The summed E-state index contributed by atoms with van der Waals surface area (Å²) in [6, 6.07) is 5.05. The number of amides is 1. The molecule has 0 aliphatic rings. The Kier molecular flexibility index (Phi) is 6.65. The Morgan fingerprint density at radius 1 is 1.32 bits per heavy atom. The summed E-state index contributed by atoms with van der Waals surface area (Å²) < 4.78 is 10.2. The molecule has 0 fully saturated rings. The van der Waals surface area contributed by atoms with Crippen LogP contribution in [0.15, 0.2) is 18.2 Å². The van der Waals surface area contributed by atoms with Gasteiger partial charge in [0.1, 0.15) is 11.5 Å². The third-order valence-corrected chi connectivity index (χ3v) is 2.36. The van der Waals surface area contributed by atoms with Crippen LogP contribution in [0.2, 0.25) is 0 Å². The van der Waals surface area contributed by atoms with Gasteiger partial charge in [-0.2, -0.15) is 0 Å². The van der Waals surface area contributed by atoms with Crippen LogP contribution >= 0.6 is 12.4 Å². The van der Waals surface area contributed by atoms with E-state index in [2.05, 4.69) is 5.32 Å². The summed E-state index contributed by atoms with van der Waals surface area (Å²) in [5.74, 6) is 0.900. The first-order chi connectivity index (χ1) is 8.37. The van der Waals surface area contributed by atoms with Crippen molar-refractivity contribution in [2.75, 3.05) is 20.8 Å². The van der Waals surface area contributed by atoms with Crippen molar-refractivity contribution in [1.82, 2.24) is 5.32 Å². The second-order valence-corrected chi connectivity index (χ2v) is 4.74. The Labute approximate surface area is 119 Å². The largest absolute Gasteiger partial charge is 0.497 e. The molecule has 0 aliphatic carbocycles. The van der Waals surface area contributed by atoms with Crippen molar-refractivity contribution in [2.24, 2.45) is 5.73 Å². The number of halogens is 1. The number of carbonyl (C=O) groups is 1. The Morgan fingerprint density at radius 3 is 2.42 bits per heavy atom. The van der Waals surface area contributed by atoms with E-state index in [1.165, 1.54) is 7.11 Å². The number of methoxy groups -OCH3 is 2. The highest BCUT2D eigenvalue weighted by Crippen LogP contribution is 2.24. The van der Waals surface area contributed by atoms with Crippen molar-refractivity contribution in [2.45, 2.75) is 19.4 Å². The molecule has 0 heterocycles. The number of nitrogens with one attached hydrogen (secondary N) is 1. The van der Waals surface area contributed by atoms with Crippen LogP contribution in [0.25, 0.3) is 0 Å². The standard InChI is InChI=1S/C13H20N2O3.ClH/c1-13(2,14)8-15-12(16)10-6-5-9(17-3)7-11(10)18-4;/h5-7H,8,14H2,1-4H3,(H,15,16);1H. The lowest BCUT2D eigenvalue weighted by atomic mass is 10.1. The van der Waals surface area contributed by atoms with Gasteiger partial charge in [0.15, 0.2) is 0 Å². The first kappa shape index (κ1) is 17.5. The fraction of sp³-hybridized carbons (Fsp3) is 0.462. The highest BCUT2D eigenvalue weighted by Gasteiger charge is 2.16. The zero-order chi connectivity index (χ0) is 13.8. The zero-order valence-electron chi connectivity index (χ0n) is 11.6. The Hall–Kier alpha value is -1.46. The van der Waals surface area contributed by atoms with Crippen molar-refractivity contribution in [3.63, 3.8) is 0 Å². The van der Waals surface area contributed by atoms with E-state index in [0.717, 1.165) is 0 Å². The number of hydrogen-bond acceptors (Lipinski definition) is 4. The molecule has 0 atom stereocenters. The van der Waals surface area contributed by atoms with Crippen molar-refractivity contribution in [3.8, 4) is 11.5 Å². The molecule has 6 heteroatoms. The lowest BCUT2D eigenvalue weighted by Gasteiger charge is -2.19. The maximum absolute atomic E-state index is 12.0. The molecule has 0 aromatic heterocycles. The van der Waals surface area contributed by atoms with Crippen LogP contribution in [0, 0.1) is 0 Å². The molecule has 1 aromatic carbocycles. The van der Waals surface area contributed by atoms with Crippen LogP contribution in [-0.2, 0) is 0 Å². The lowest BCUT2D eigenvalue weighted by Crippen LogP contribution is -2.45. The number of hydrogen-bond donors (Lipinski definition) is 2. The van der Waals surface area contributed by atoms with Crippen LogP contribution in [-0.4, -0.2) is 32.2 Å². The van der Waals surface area contributed by atoms with Gasteiger partial charge in [0, 0.05) is 18.2 Å². The molecule has 19 heavy (non-hydrogen) atoms. The van der Waals surface area contributed by atoms with Crippen LogP contribution in [0.3, 0.4) is 0 Å². The number of nitrogens with two attached hydrogens (primary N) is 1. The van der Waals surface area contributed by atoms with Crippen LogP contribution < -0.4 is 20.5 Å². The molecule has 0 saturated carbocycles. The monoisotopic (exact) mass is 288 g/mol. The molecule has 0 spiro atoms. The molecule has 0 aliphatic heterocycles. The smallest absolute Gasteiger partial charge is 0.255 e. The lowest BCUT2D eigenvalue weighted by molar-refractivity contribution is 0.0943. The van der Waals surface area contributed by atoms with Gasteiger partial charge in [-0.3, -0.25) is 4.79 Å². The quantitative estimate of drug-likeness (QED) is 0.863. The fourth-order valence-electron chi connectivity index (χ4n) is 1.39. The molecule has 1 aromatic rings. The van der Waals surface area contributed by atoms with Gasteiger partial charge in [-0.1, -0.05) is 0 Å². The van der Waals surface area contributed by atoms with Crippen molar-refractivity contribution >= 4 is 18.3 Å². The predicted molar refractivity (Wildman–Crippen MR) is 77.4 cm³/mol. The van der Waals surface area contributed by atoms with Gasteiger partial charge in [-0.25, -0.2) is 0 Å². The van der Waals surface area contributed by atoms with E-state index in [1.807, 2.05) is 13.8 Å². The summed E-state index contributed by atoms with van der Waals surface area (Å²) in [5, 5.41) is 2.77. The van der Waals surface area contributed by atoms with Gasteiger partial charge in [-0.05, 0) is 26.0 Å². The van der Waals surface area contributed by atoms with E-state index in [0.29, 0.717) is 23.6 Å². The Morgan fingerprint density at radius 2 is 1.95 bits per heavy atom. The zero-order valence-corrected chi connectivity index (χ0v) is 12.5. The summed E-state index contributed by atoms with van der Waals surface area (Å²) >= 11 is 0. The van der Waals surface area contributed by atoms with Crippen molar-refractivity contribution in [3.05, 3.63) is 23.8 Å². The van der Waals surface area contributed by atoms with Crippen molar-refractivity contribution < 1.29 is 14.3 Å². The van der Waals surface area contributed by atoms with Gasteiger partial charge < -0.3 is 20.5 Å². The Balaban J connectivity index is 0.00000324. The van der Waals surface area contributed by atoms with Crippen molar-refractivity contribution in [1.29, 1.82) is 0 Å². The average Bonchev–Trinajstić information content (AvgIpc) is 2.34. The van der Waals surface area contributed by atoms with E-state index in [1.54, 1.807) is 25.3 Å². The summed E-state index contributed by atoms with van der Waals surface area (Å²) in [7, 11) is 3.07. The number of ether oxygens (including phenoxy) is 2. The maximum Gasteiger partial charge on any atom is 0.255 e. The first-order valence-electron chi connectivity index (χ1n) is 5.66. The molecular weight excluding hydrogens is 268 g/mol. The normalized spacial score (nSPS) is 10.4. The molecule has 5 nitrogen and oxygen atoms in total. The van der Waals surface area contributed by atoms with E-state index < -0.39 is 5.54 Å². The fourth-order valence-corrected chi connectivity index (χ4v) is 1.39. The predicted octanol–water partition coefficient (Wildman–Crippen LogP) is 1.59. The molecule has 1 rings (SSSR count). The topological polar surface area (TPSA) is 73.6 Å². The van der Waals surface area contributed by atoms with Gasteiger partial charge in [-0.15, -0.1) is 12.4 Å². The van der Waals surface area contributed by atoms with E-state index in [-0.39, 0.29) is 18.3 Å². The van der Waals surface area contributed by atoms with Crippen LogP contribution in [0.4, 0.5) is 0 Å². The summed E-state index contributed by atoms with van der Waals surface area (Å²) in [5.41, 5.74) is 5.82. The van der Waals surface area contributed by atoms with Crippen LogP contribution in [0.5, 0.6) is 11.5 Å². The number of rotatable bonds is 5. The molecule has 3 N–H and O–H groups in total. The third-order valence-electron chi connectivity index (χ3n) is 2.36. The van der Waals surface area contributed by atoms with Gasteiger partial charge in [0.2, 0.25) is 0 Å². The second kappa shape index (κ2) is 7.21. The summed E-state index contributed by atoms with van der Waals surface area (Å²) in [4.78, 5) is 12.0. The minimum atomic E-state index is -0.449. The maximum atomic E-state index is 12.0. The minimum Gasteiger partial charge on any atom is -0.497 e. The molecule has 0 radical (unpaired) electrons. The van der Waals surface area contributed by atoms with E-state index >= 15 is 0 Å². The minimum absolute atomic E-state index is 0. The third kappa shape index (κ3) is 5.36. The van der Waals surface area contributed by atoms with Gasteiger partial charge >= 0.3 is 0 Å². The number of carbonyl (C=O) groups excluding carboxylic acids is 1. The Bertz CT molecular complexity index is 430. The number of benzene rings is 1. The molecule has 0 unspecified atom stereocenters. The highest BCUT2D eigenvalue weighted by atomic mass is 35.5. The summed E-state index contributed by atoms with van der Waals surface area (Å²) in [6.07, 6.45) is 0. The molecule has 1 amide bonds. The molecular formula is C13H21ClN2O3. The molecule has 0 bridgehead atoms. The SMILES string of the molecule is COc1ccc(C(=O)NCC(C)(C)N)c(OC)c1.Cl. The highest BCUT2D eigenvalue weighted by molar-refractivity contribution is 5.97. The van der Waals surface area contributed by atoms with Gasteiger partial charge in [0.25, 0.3) is 5.91 Å². The molecule has 108 valence electrons. The molecule has 0 saturated heterocycles. The van der Waals surface area contributed by atoms with Crippen LogP contribution in [0.1, 0.15) is 24.2 Å². The average molecular weight is 289 g/mol. The van der Waals surface area contributed by atoms with E-state index in [4.69, 9.17) is 15.2 Å². The second-order valence-electron chi connectivity index (χ2n) is 4.74. The first-order valence-corrected chi connectivity index (χ1v) is 5.66. The van der Waals surface area contributed by atoms with Gasteiger partial charge in [0.05, 0.1) is 19.8 Å².